The molecule has 7 heteroatoms. The molecule has 1 amide bonds. The maximum absolute atomic E-state index is 12.4. The molecule has 5 nitrogen and oxygen atoms in total. The zero-order chi connectivity index (χ0) is 17.2. The maximum atomic E-state index is 12.4. The molecule has 22 heavy (non-hydrogen) atoms. The van der Waals surface area contributed by atoms with E-state index in [2.05, 4.69) is 15.9 Å². The number of hydrogen-bond acceptors (Lipinski definition) is 4. The number of halogens is 1. The summed E-state index contributed by atoms with van der Waals surface area (Å²) in [5.41, 5.74) is -0.681. The first kappa shape index (κ1) is 19.0. The van der Waals surface area contributed by atoms with E-state index in [1.165, 1.54) is 16.2 Å². The van der Waals surface area contributed by atoms with Crippen molar-refractivity contribution in [3.05, 3.63) is 20.3 Å². The molecule has 1 atom stereocenters. The Bertz CT molecular complexity index is 543. The van der Waals surface area contributed by atoms with E-state index in [1.807, 2.05) is 6.92 Å². The smallest absolute Gasteiger partial charge is 0.411 e. The minimum absolute atomic E-state index is 0.308. The van der Waals surface area contributed by atoms with Crippen LogP contribution in [0.4, 0.5) is 4.79 Å². The predicted octanol–water partition coefficient (Wildman–Crippen LogP) is 4.59. The number of thiophene rings is 1. The second kappa shape index (κ2) is 7.00. The Hall–Kier alpha value is -1.08. The van der Waals surface area contributed by atoms with Gasteiger partial charge in [-0.2, -0.15) is 0 Å². The topological polar surface area (TPSA) is 66.8 Å². The fourth-order valence-electron chi connectivity index (χ4n) is 1.92. The van der Waals surface area contributed by atoms with Gasteiger partial charge < -0.3 is 9.84 Å². The van der Waals surface area contributed by atoms with E-state index in [1.54, 1.807) is 40.7 Å². The highest BCUT2D eigenvalue weighted by molar-refractivity contribution is 9.10. The lowest BCUT2D eigenvalue weighted by atomic mass is 10.1. The summed E-state index contributed by atoms with van der Waals surface area (Å²) in [7, 11) is 0. The van der Waals surface area contributed by atoms with E-state index >= 15 is 0 Å². The van der Waals surface area contributed by atoms with Gasteiger partial charge in [-0.15, -0.1) is 11.3 Å². The molecule has 0 aromatic carbocycles. The minimum Gasteiger partial charge on any atom is -0.479 e. The van der Waals surface area contributed by atoms with Gasteiger partial charge in [0.15, 0.2) is 6.04 Å². The van der Waals surface area contributed by atoms with Crippen molar-refractivity contribution in [3.8, 4) is 0 Å². The van der Waals surface area contributed by atoms with Crippen LogP contribution in [0.2, 0.25) is 0 Å². The number of carbonyl (C=O) groups is 2. The summed E-state index contributed by atoms with van der Waals surface area (Å²) in [5.74, 6) is -1.08. The Morgan fingerprint density at radius 2 is 1.91 bits per heavy atom. The summed E-state index contributed by atoms with van der Waals surface area (Å²) in [6.07, 6.45) is -0.628. The second-order valence-corrected chi connectivity index (χ2v) is 8.42. The molecule has 0 bridgehead atoms. The molecule has 0 fully saturated rings. The van der Waals surface area contributed by atoms with Crippen molar-refractivity contribution in [1.82, 2.24) is 4.90 Å². The summed E-state index contributed by atoms with van der Waals surface area (Å²) < 4.78 is 6.21. The van der Waals surface area contributed by atoms with Crippen LogP contribution in [-0.2, 0) is 9.53 Å². The fraction of sp³-hybridized carbons (Fsp3) is 0.600. The summed E-state index contributed by atoms with van der Waals surface area (Å²) >= 11 is 4.74. The number of carboxylic acids is 1. The van der Waals surface area contributed by atoms with Crippen LogP contribution in [0.1, 0.15) is 50.4 Å². The Labute approximate surface area is 143 Å². The molecule has 1 rings (SSSR count). The zero-order valence-electron chi connectivity index (χ0n) is 13.6. The van der Waals surface area contributed by atoms with Crippen LogP contribution in [0.15, 0.2) is 10.5 Å². The highest BCUT2D eigenvalue weighted by Gasteiger charge is 2.37. The Morgan fingerprint density at radius 3 is 2.23 bits per heavy atom. The lowest BCUT2D eigenvalue weighted by Gasteiger charge is -2.33. The Kier molecular flexibility index (Phi) is 6.03. The van der Waals surface area contributed by atoms with E-state index in [0.717, 1.165) is 9.35 Å². The molecule has 0 saturated carbocycles. The first-order valence-electron chi connectivity index (χ1n) is 6.94. The number of ether oxygens (including phenoxy) is 1. The van der Waals surface area contributed by atoms with Gasteiger partial charge in [-0.1, -0.05) is 0 Å². The van der Waals surface area contributed by atoms with Gasteiger partial charge in [-0.3, -0.25) is 4.90 Å². The lowest BCUT2D eigenvalue weighted by molar-refractivity contribution is -0.144. The van der Waals surface area contributed by atoms with Crippen molar-refractivity contribution in [2.75, 3.05) is 0 Å². The van der Waals surface area contributed by atoms with Crippen molar-refractivity contribution in [2.45, 2.75) is 59.2 Å². The molecule has 0 radical (unpaired) electrons. The molecule has 124 valence electrons. The first-order chi connectivity index (χ1) is 9.94. The van der Waals surface area contributed by atoms with Gasteiger partial charge in [0.05, 0.1) is 0 Å². The normalized spacial score (nSPS) is 13.1. The van der Waals surface area contributed by atoms with Crippen LogP contribution in [0.25, 0.3) is 0 Å². The molecule has 0 saturated heterocycles. The van der Waals surface area contributed by atoms with Crippen LogP contribution >= 0.6 is 27.3 Å². The van der Waals surface area contributed by atoms with Crippen LogP contribution < -0.4 is 0 Å². The predicted molar refractivity (Wildman–Crippen MR) is 90.3 cm³/mol. The number of aryl methyl sites for hydroxylation is 1. The average Bonchev–Trinajstić information content (AvgIpc) is 2.62. The van der Waals surface area contributed by atoms with Crippen molar-refractivity contribution in [1.29, 1.82) is 0 Å². The quantitative estimate of drug-likeness (QED) is 0.814. The van der Waals surface area contributed by atoms with Crippen LogP contribution in [-0.4, -0.2) is 33.7 Å². The number of carboxylic acid groups (broad SMARTS) is 1. The molecular weight excluding hydrogens is 370 g/mol. The van der Waals surface area contributed by atoms with Gasteiger partial charge >= 0.3 is 12.1 Å². The summed E-state index contributed by atoms with van der Waals surface area (Å²) in [6, 6.07) is 0.375. The average molecular weight is 392 g/mol. The van der Waals surface area contributed by atoms with Gasteiger partial charge in [0, 0.05) is 20.3 Å². The molecule has 1 unspecified atom stereocenters. The van der Waals surface area contributed by atoms with E-state index in [9.17, 15) is 14.7 Å². The first-order valence-corrected chi connectivity index (χ1v) is 8.55. The van der Waals surface area contributed by atoms with E-state index in [4.69, 9.17) is 4.74 Å². The van der Waals surface area contributed by atoms with Crippen molar-refractivity contribution >= 4 is 39.3 Å². The highest BCUT2D eigenvalue weighted by Crippen LogP contribution is 2.35. The van der Waals surface area contributed by atoms with E-state index in [0.29, 0.717) is 4.88 Å². The molecule has 0 aliphatic rings. The molecule has 0 spiro atoms. The number of carbonyl (C=O) groups excluding carboxylic acids is 1. The largest absolute Gasteiger partial charge is 0.479 e. The molecule has 1 heterocycles. The number of hydrogen-bond donors (Lipinski definition) is 1. The molecule has 1 aromatic heterocycles. The fourth-order valence-corrected chi connectivity index (χ4v) is 3.58. The molecule has 1 N–H and O–H groups in total. The minimum atomic E-state index is -1.08. The highest BCUT2D eigenvalue weighted by atomic mass is 79.9. The third-order valence-corrected chi connectivity index (χ3v) is 5.01. The Morgan fingerprint density at radius 1 is 1.36 bits per heavy atom. The summed E-state index contributed by atoms with van der Waals surface area (Å²) in [4.78, 5) is 27.1. The summed E-state index contributed by atoms with van der Waals surface area (Å²) in [6.45, 7) is 10.7. The molecule has 1 aromatic rings. The van der Waals surface area contributed by atoms with Crippen molar-refractivity contribution in [3.63, 3.8) is 0 Å². The third-order valence-electron chi connectivity index (χ3n) is 2.82. The number of nitrogens with zero attached hydrogens (tertiary/aromatic N) is 1. The Balaban J connectivity index is 3.24. The number of amides is 1. The van der Waals surface area contributed by atoms with E-state index < -0.39 is 23.7 Å². The zero-order valence-corrected chi connectivity index (χ0v) is 16.0. The molecule has 0 aliphatic carbocycles. The second-order valence-electron chi connectivity index (χ2n) is 6.28. The van der Waals surface area contributed by atoms with Crippen LogP contribution in [0.5, 0.6) is 0 Å². The summed E-state index contributed by atoms with van der Waals surface area (Å²) in [5, 5.41) is 9.64. The van der Waals surface area contributed by atoms with Crippen molar-refractivity contribution < 1.29 is 19.4 Å². The van der Waals surface area contributed by atoms with Gasteiger partial charge in [0.25, 0.3) is 0 Å². The molecular formula is C15H22BrNO4S. The molecule has 0 aliphatic heterocycles. The van der Waals surface area contributed by atoms with Crippen LogP contribution in [0, 0.1) is 6.92 Å². The lowest BCUT2D eigenvalue weighted by Crippen LogP contribution is -2.45. The maximum Gasteiger partial charge on any atom is 0.411 e. The van der Waals surface area contributed by atoms with Crippen LogP contribution in [0.3, 0.4) is 0 Å². The van der Waals surface area contributed by atoms with E-state index in [-0.39, 0.29) is 6.04 Å². The van der Waals surface area contributed by atoms with Gasteiger partial charge in [-0.25, -0.2) is 9.59 Å². The monoisotopic (exact) mass is 391 g/mol. The third kappa shape index (κ3) is 4.71. The standard InChI is InChI=1S/C15H22BrNO4S/c1-8(2)17(14(20)21-15(4,5)6)12(13(18)19)11-7-10(16)9(3)22-11/h7-8,12H,1-6H3,(H,18,19). The van der Waals surface area contributed by atoms with Gasteiger partial charge in [-0.05, 0) is 63.5 Å². The van der Waals surface area contributed by atoms with Gasteiger partial charge in [0.2, 0.25) is 0 Å². The van der Waals surface area contributed by atoms with Gasteiger partial charge in [0.1, 0.15) is 5.60 Å². The number of rotatable bonds is 4. The number of aliphatic carboxylic acids is 1. The SMILES string of the molecule is Cc1sc(C(C(=O)O)N(C(=O)OC(C)(C)C)C(C)C)cc1Br. The van der Waals surface area contributed by atoms with Crippen molar-refractivity contribution in [2.24, 2.45) is 0 Å².